The lowest BCUT2D eigenvalue weighted by molar-refractivity contribution is 0.772. The quantitative estimate of drug-likeness (QED) is 0.719. The molecule has 19 heavy (non-hydrogen) atoms. The number of benzene rings is 1. The number of H-pyrrole nitrogens is 1. The van der Waals surface area contributed by atoms with Gasteiger partial charge in [0.05, 0.1) is 0 Å². The number of aromatic amines is 1. The van der Waals surface area contributed by atoms with Crippen molar-refractivity contribution in [3.63, 3.8) is 0 Å². The summed E-state index contributed by atoms with van der Waals surface area (Å²) >= 11 is 0. The SMILES string of the molecule is CCCCc1cc(=O)[nH]c(Nc2ccc(N)cc2)n1. The van der Waals surface area contributed by atoms with E-state index < -0.39 is 0 Å². The molecule has 4 N–H and O–H groups in total. The molecule has 5 heteroatoms. The van der Waals surface area contributed by atoms with Gasteiger partial charge in [-0.2, -0.15) is 0 Å². The van der Waals surface area contributed by atoms with E-state index in [9.17, 15) is 4.79 Å². The summed E-state index contributed by atoms with van der Waals surface area (Å²) in [5, 5.41) is 3.07. The highest BCUT2D eigenvalue weighted by Gasteiger charge is 2.02. The van der Waals surface area contributed by atoms with Gasteiger partial charge in [-0.15, -0.1) is 0 Å². The summed E-state index contributed by atoms with van der Waals surface area (Å²) in [6.45, 7) is 2.11. The van der Waals surface area contributed by atoms with Crippen LogP contribution in [0.4, 0.5) is 17.3 Å². The number of aryl methyl sites for hydroxylation is 1. The van der Waals surface area contributed by atoms with Crippen LogP contribution in [0.2, 0.25) is 0 Å². The van der Waals surface area contributed by atoms with Gasteiger partial charge in [0.15, 0.2) is 0 Å². The molecule has 0 aliphatic carbocycles. The molecule has 2 aromatic rings. The summed E-state index contributed by atoms with van der Waals surface area (Å²) in [6, 6.07) is 8.81. The molecule has 100 valence electrons. The van der Waals surface area contributed by atoms with Gasteiger partial charge < -0.3 is 11.1 Å². The first-order valence-corrected chi connectivity index (χ1v) is 6.40. The number of hydrogen-bond donors (Lipinski definition) is 3. The Balaban J connectivity index is 2.17. The van der Waals surface area contributed by atoms with Crippen molar-refractivity contribution in [3.05, 3.63) is 46.4 Å². The van der Waals surface area contributed by atoms with E-state index in [2.05, 4.69) is 22.2 Å². The van der Waals surface area contributed by atoms with Gasteiger partial charge in [-0.05, 0) is 37.1 Å². The largest absolute Gasteiger partial charge is 0.399 e. The van der Waals surface area contributed by atoms with Crippen molar-refractivity contribution >= 4 is 17.3 Å². The van der Waals surface area contributed by atoms with Crippen molar-refractivity contribution in [2.45, 2.75) is 26.2 Å². The fourth-order valence-corrected chi connectivity index (χ4v) is 1.76. The first-order valence-electron chi connectivity index (χ1n) is 6.40. The first-order chi connectivity index (χ1) is 9.17. The van der Waals surface area contributed by atoms with Crippen molar-refractivity contribution in [3.8, 4) is 0 Å². The van der Waals surface area contributed by atoms with Gasteiger partial charge in [-0.3, -0.25) is 9.78 Å². The predicted molar refractivity (Wildman–Crippen MR) is 77.6 cm³/mol. The van der Waals surface area contributed by atoms with Crippen LogP contribution in [0, 0.1) is 0 Å². The molecule has 2 rings (SSSR count). The molecular formula is C14H18N4O. The lowest BCUT2D eigenvalue weighted by Crippen LogP contribution is -2.12. The Bertz CT molecular complexity index is 589. The van der Waals surface area contributed by atoms with Crippen LogP contribution in [0.15, 0.2) is 35.1 Å². The summed E-state index contributed by atoms with van der Waals surface area (Å²) in [4.78, 5) is 18.6. The monoisotopic (exact) mass is 258 g/mol. The van der Waals surface area contributed by atoms with Crippen molar-refractivity contribution in [2.75, 3.05) is 11.1 Å². The Labute approximate surface area is 111 Å². The number of unbranched alkanes of at least 4 members (excludes halogenated alkanes) is 1. The van der Waals surface area contributed by atoms with Crippen LogP contribution in [0.1, 0.15) is 25.5 Å². The number of nitrogen functional groups attached to an aromatic ring is 1. The standard InChI is InChI=1S/C14H18N4O/c1-2-3-4-12-9-13(19)18-14(17-12)16-11-7-5-10(15)6-8-11/h5-9H,2-4,15H2,1H3,(H2,16,17,18,19). The molecule has 0 unspecified atom stereocenters. The van der Waals surface area contributed by atoms with Crippen molar-refractivity contribution in [1.82, 2.24) is 9.97 Å². The molecule has 0 bridgehead atoms. The van der Waals surface area contributed by atoms with E-state index >= 15 is 0 Å². The van der Waals surface area contributed by atoms with Gasteiger partial charge in [-0.1, -0.05) is 13.3 Å². The van der Waals surface area contributed by atoms with E-state index in [1.165, 1.54) is 0 Å². The lowest BCUT2D eigenvalue weighted by atomic mass is 10.2. The van der Waals surface area contributed by atoms with E-state index in [0.717, 1.165) is 30.6 Å². The second kappa shape index (κ2) is 6.04. The zero-order chi connectivity index (χ0) is 13.7. The molecule has 1 aromatic heterocycles. The average Bonchev–Trinajstić information content (AvgIpc) is 2.38. The van der Waals surface area contributed by atoms with E-state index in [-0.39, 0.29) is 5.56 Å². The fourth-order valence-electron chi connectivity index (χ4n) is 1.76. The molecule has 0 aliphatic heterocycles. The maximum Gasteiger partial charge on any atom is 0.252 e. The van der Waals surface area contributed by atoms with Crippen LogP contribution in [0.3, 0.4) is 0 Å². The number of aromatic nitrogens is 2. The number of nitrogens with one attached hydrogen (secondary N) is 2. The molecule has 0 atom stereocenters. The number of anilines is 3. The maximum atomic E-state index is 11.6. The minimum atomic E-state index is -0.140. The van der Waals surface area contributed by atoms with Crippen molar-refractivity contribution in [2.24, 2.45) is 0 Å². The van der Waals surface area contributed by atoms with Gasteiger partial charge >= 0.3 is 0 Å². The molecule has 0 saturated heterocycles. The van der Waals surface area contributed by atoms with Gasteiger partial charge in [0, 0.05) is 23.1 Å². The summed E-state index contributed by atoms with van der Waals surface area (Å²) in [7, 11) is 0. The Hall–Kier alpha value is -2.30. The van der Waals surface area contributed by atoms with Crippen LogP contribution >= 0.6 is 0 Å². The predicted octanol–water partition coefficient (Wildman–Crippen LogP) is 2.44. The zero-order valence-corrected chi connectivity index (χ0v) is 10.9. The number of nitrogens with zero attached hydrogens (tertiary/aromatic N) is 1. The van der Waals surface area contributed by atoms with Gasteiger partial charge in [-0.25, -0.2) is 4.98 Å². The third-order valence-corrected chi connectivity index (χ3v) is 2.75. The minimum Gasteiger partial charge on any atom is -0.399 e. The summed E-state index contributed by atoms with van der Waals surface area (Å²) in [5.74, 6) is 0.461. The Morgan fingerprint density at radius 2 is 2.05 bits per heavy atom. The number of nitrogens with two attached hydrogens (primary N) is 1. The Morgan fingerprint density at radius 1 is 1.32 bits per heavy atom. The first kappa shape index (κ1) is 13.1. The highest BCUT2D eigenvalue weighted by Crippen LogP contribution is 2.14. The average molecular weight is 258 g/mol. The summed E-state index contributed by atoms with van der Waals surface area (Å²) in [6.07, 6.45) is 2.92. The van der Waals surface area contributed by atoms with Crippen LogP contribution < -0.4 is 16.6 Å². The third-order valence-electron chi connectivity index (χ3n) is 2.75. The second-order valence-electron chi connectivity index (χ2n) is 4.44. The lowest BCUT2D eigenvalue weighted by Gasteiger charge is -2.07. The van der Waals surface area contributed by atoms with Gasteiger partial charge in [0.2, 0.25) is 5.95 Å². The Kier molecular flexibility index (Phi) is 4.18. The van der Waals surface area contributed by atoms with Crippen LogP contribution in [-0.2, 0) is 6.42 Å². The van der Waals surface area contributed by atoms with E-state index in [0.29, 0.717) is 11.6 Å². The van der Waals surface area contributed by atoms with Crippen LogP contribution in [0.25, 0.3) is 0 Å². The third kappa shape index (κ3) is 3.84. The van der Waals surface area contributed by atoms with Crippen LogP contribution in [0.5, 0.6) is 0 Å². The van der Waals surface area contributed by atoms with E-state index in [1.807, 2.05) is 12.1 Å². The smallest absolute Gasteiger partial charge is 0.252 e. The number of rotatable bonds is 5. The number of hydrogen-bond acceptors (Lipinski definition) is 4. The zero-order valence-electron chi connectivity index (χ0n) is 10.9. The fraction of sp³-hybridized carbons (Fsp3) is 0.286. The van der Waals surface area contributed by atoms with E-state index in [1.54, 1.807) is 18.2 Å². The second-order valence-corrected chi connectivity index (χ2v) is 4.44. The van der Waals surface area contributed by atoms with Crippen LogP contribution in [-0.4, -0.2) is 9.97 Å². The summed E-state index contributed by atoms with van der Waals surface area (Å²) in [5.41, 5.74) is 7.83. The molecule has 0 spiro atoms. The van der Waals surface area contributed by atoms with Crippen molar-refractivity contribution in [1.29, 1.82) is 0 Å². The van der Waals surface area contributed by atoms with Gasteiger partial charge in [0.25, 0.3) is 5.56 Å². The highest BCUT2D eigenvalue weighted by atomic mass is 16.1. The maximum absolute atomic E-state index is 11.6. The molecule has 1 aromatic carbocycles. The molecule has 0 fully saturated rings. The molecule has 0 radical (unpaired) electrons. The van der Waals surface area contributed by atoms with Gasteiger partial charge in [0.1, 0.15) is 0 Å². The Morgan fingerprint density at radius 3 is 2.74 bits per heavy atom. The minimum absolute atomic E-state index is 0.140. The molecule has 5 nitrogen and oxygen atoms in total. The van der Waals surface area contributed by atoms with E-state index in [4.69, 9.17) is 5.73 Å². The topological polar surface area (TPSA) is 83.8 Å². The highest BCUT2D eigenvalue weighted by molar-refractivity contribution is 5.56. The molecule has 1 heterocycles. The normalized spacial score (nSPS) is 10.4. The van der Waals surface area contributed by atoms with Crippen molar-refractivity contribution < 1.29 is 0 Å². The molecule has 0 amide bonds. The molecule has 0 saturated carbocycles. The summed E-state index contributed by atoms with van der Waals surface area (Å²) < 4.78 is 0. The molecule has 0 aliphatic rings. The molecular weight excluding hydrogens is 240 g/mol.